The van der Waals surface area contributed by atoms with Crippen LogP contribution in [0.1, 0.15) is 0 Å². The van der Waals surface area contributed by atoms with Gasteiger partial charge in [0.05, 0.1) is 0 Å². The molecule has 2 aliphatic rings. The van der Waals surface area contributed by atoms with E-state index in [1.165, 1.54) is 11.5 Å². The van der Waals surface area contributed by atoms with Gasteiger partial charge in [0.1, 0.15) is 0 Å². The molecule has 2 nitrogen and oxygen atoms in total. The third kappa shape index (κ3) is 0.926. The number of rotatable bonds is 1. The molecule has 0 unspecified atom stereocenters. The Kier molecular flexibility index (Phi) is 1.60. The van der Waals surface area contributed by atoms with Gasteiger partial charge in [-0.3, -0.25) is 4.79 Å². The maximum absolute atomic E-state index is 10.2. The van der Waals surface area contributed by atoms with Crippen LogP contribution >= 0.6 is 11.8 Å². The van der Waals surface area contributed by atoms with Crippen LogP contribution in [0.2, 0.25) is 0 Å². The van der Waals surface area contributed by atoms with Gasteiger partial charge >= 0.3 is 6.41 Å². The van der Waals surface area contributed by atoms with Crippen LogP contribution in [-0.2, 0) is 4.79 Å². The number of likely N-dealkylation sites (tertiary alicyclic amines) is 1. The average Bonchev–Trinajstić information content (AvgIpc) is 2.42. The van der Waals surface area contributed by atoms with Gasteiger partial charge in [-0.05, 0) is 23.3 Å². The van der Waals surface area contributed by atoms with E-state index in [4.69, 9.17) is 0 Å². The van der Waals surface area contributed by atoms with Gasteiger partial charge in [-0.2, -0.15) is 11.8 Å². The first kappa shape index (κ1) is 6.53. The molecule has 2 rings (SSSR count). The smallest absolute Gasteiger partial charge is 0.312 e. The topological polar surface area (TPSA) is 20.3 Å². The van der Waals surface area contributed by atoms with Gasteiger partial charge in [0.15, 0.2) is 0 Å². The highest BCUT2D eigenvalue weighted by atomic mass is 32.2. The number of fused-ring (bicyclic) bond motifs is 1. The zero-order valence-corrected chi connectivity index (χ0v) is 6.56. The molecule has 0 aliphatic carbocycles. The molecular formula is C7H10NOS. The molecular weight excluding hydrogens is 146 g/mol. The predicted molar refractivity (Wildman–Crippen MR) is 41.6 cm³/mol. The van der Waals surface area contributed by atoms with Gasteiger partial charge in [-0.1, -0.05) is 0 Å². The summed E-state index contributed by atoms with van der Waals surface area (Å²) in [4.78, 5) is 12.0. The Bertz CT molecular complexity index is 139. The van der Waals surface area contributed by atoms with Crippen LogP contribution in [0.15, 0.2) is 0 Å². The molecule has 0 bridgehead atoms. The fraction of sp³-hybridized carbons (Fsp3) is 0.857. The Morgan fingerprint density at radius 2 is 1.90 bits per heavy atom. The summed E-state index contributed by atoms with van der Waals surface area (Å²) >= 11 is 2.02. The minimum atomic E-state index is 0.784. The molecule has 0 aromatic rings. The van der Waals surface area contributed by atoms with Crippen LogP contribution in [-0.4, -0.2) is 35.9 Å². The summed E-state index contributed by atoms with van der Waals surface area (Å²) in [5.41, 5.74) is 0. The van der Waals surface area contributed by atoms with Crippen molar-refractivity contribution >= 4 is 18.2 Å². The molecule has 55 valence electrons. The summed E-state index contributed by atoms with van der Waals surface area (Å²) in [6.07, 6.45) is 1.97. The summed E-state index contributed by atoms with van der Waals surface area (Å²) < 4.78 is 0. The van der Waals surface area contributed by atoms with Crippen molar-refractivity contribution in [2.45, 2.75) is 0 Å². The van der Waals surface area contributed by atoms with E-state index in [9.17, 15) is 4.79 Å². The van der Waals surface area contributed by atoms with Gasteiger partial charge in [0.2, 0.25) is 0 Å². The minimum absolute atomic E-state index is 0.784. The molecule has 0 N–H and O–H groups in total. The second-order valence-electron chi connectivity index (χ2n) is 3.05. The molecule has 2 atom stereocenters. The van der Waals surface area contributed by atoms with E-state index < -0.39 is 0 Å². The normalized spacial score (nSPS) is 38.2. The third-order valence-electron chi connectivity index (χ3n) is 2.37. The molecule has 2 saturated heterocycles. The molecule has 2 fully saturated rings. The maximum Gasteiger partial charge on any atom is 0.312 e. The van der Waals surface area contributed by atoms with Gasteiger partial charge in [0.25, 0.3) is 0 Å². The molecule has 2 aliphatic heterocycles. The fourth-order valence-electron chi connectivity index (χ4n) is 1.76. The highest BCUT2D eigenvalue weighted by molar-refractivity contribution is 7.99. The number of carbonyl (C=O) groups excluding carboxylic acids is 1. The van der Waals surface area contributed by atoms with Crippen molar-refractivity contribution in [3.05, 3.63) is 0 Å². The van der Waals surface area contributed by atoms with Crippen LogP contribution in [0, 0.1) is 11.8 Å². The Balaban J connectivity index is 1.99. The molecule has 10 heavy (non-hydrogen) atoms. The SMILES string of the molecule is O=[C]N1C[C@H]2CSC[C@H]2C1. The summed E-state index contributed by atoms with van der Waals surface area (Å²) in [6.45, 7) is 1.92. The third-order valence-corrected chi connectivity index (χ3v) is 3.70. The molecule has 0 aromatic carbocycles. The van der Waals surface area contributed by atoms with E-state index in [-0.39, 0.29) is 0 Å². The summed E-state index contributed by atoms with van der Waals surface area (Å²) in [6, 6.07) is 0. The first-order valence-electron chi connectivity index (χ1n) is 3.60. The number of hydrogen-bond donors (Lipinski definition) is 0. The Morgan fingerprint density at radius 3 is 2.40 bits per heavy atom. The lowest BCUT2D eigenvalue weighted by Crippen LogP contribution is -2.19. The molecule has 3 heteroatoms. The van der Waals surface area contributed by atoms with Crippen molar-refractivity contribution in [2.24, 2.45) is 11.8 Å². The van der Waals surface area contributed by atoms with Crippen molar-refractivity contribution in [1.82, 2.24) is 4.90 Å². The quantitative estimate of drug-likeness (QED) is 0.546. The van der Waals surface area contributed by atoms with E-state index >= 15 is 0 Å². The number of thioether (sulfide) groups is 1. The zero-order chi connectivity index (χ0) is 6.97. The van der Waals surface area contributed by atoms with E-state index in [0.717, 1.165) is 24.9 Å². The van der Waals surface area contributed by atoms with E-state index in [2.05, 4.69) is 0 Å². The molecule has 1 radical (unpaired) electrons. The first-order valence-corrected chi connectivity index (χ1v) is 4.76. The number of nitrogens with zero attached hydrogens (tertiary/aromatic N) is 1. The summed E-state index contributed by atoms with van der Waals surface area (Å²) in [5.74, 6) is 4.07. The van der Waals surface area contributed by atoms with Crippen molar-refractivity contribution in [3.8, 4) is 0 Å². The lowest BCUT2D eigenvalue weighted by atomic mass is 10.0. The lowest BCUT2D eigenvalue weighted by molar-refractivity contribution is 0.427. The second-order valence-corrected chi connectivity index (χ2v) is 4.13. The van der Waals surface area contributed by atoms with Crippen LogP contribution in [0.25, 0.3) is 0 Å². The van der Waals surface area contributed by atoms with Crippen LogP contribution in [0.5, 0.6) is 0 Å². The van der Waals surface area contributed by atoms with Crippen molar-refractivity contribution < 1.29 is 4.79 Å². The van der Waals surface area contributed by atoms with Crippen LogP contribution in [0.3, 0.4) is 0 Å². The van der Waals surface area contributed by atoms with Gasteiger partial charge in [0, 0.05) is 13.1 Å². The standard InChI is InChI=1S/C7H10NOS/c9-5-8-1-6-3-10-4-7(6)2-8/h6-7H,1-4H2/t6-,7+. The minimum Gasteiger partial charge on any atom is -0.334 e. The van der Waals surface area contributed by atoms with Gasteiger partial charge < -0.3 is 4.90 Å². The van der Waals surface area contributed by atoms with Crippen LogP contribution in [0.4, 0.5) is 0 Å². The Labute approximate surface area is 65.0 Å². The highest BCUT2D eigenvalue weighted by Gasteiger charge is 2.36. The highest BCUT2D eigenvalue weighted by Crippen LogP contribution is 2.34. The van der Waals surface area contributed by atoms with E-state index in [1.54, 1.807) is 4.90 Å². The lowest BCUT2D eigenvalue weighted by Gasteiger charge is -2.06. The zero-order valence-electron chi connectivity index (χ0n) is 5.75. The summed E-state index contributed by atoms with van der Waals surface area (Å²) in [5, 5.41) is 0. The van der Waals surface area contributed by atoms with Gasteiger partial charge in [-0.15, -0.1) is 0 Å². The monoisotopic (exact) mass is 156 g/mol. The van der Waals surface area contributed by atoms with Crippen LogP contribution < -0.4 is 0 Å². The molecule has 0 saturated carbocycles. The molecule has 2 heterocycles. The molecule has 0 spiro atoms. The molecule has 0 aromatic heterocycles. The van der Waals surface area contributed by atoms with Gasteiger partial charge in [-0.25, -0.2) is 0 Å². The maximum atomic E-state index is 10.2. The van der Waals surface area contributed by atoms with E-state index in [1.807, 2.05) is 18.2 Å². The number of hydrogen-bond acceptors (Lipinski definition) is 2. The number of amides is 1. The second kappa shape index (κ2) is 2.46. The predicted octanol–water partition coefficient (Wildman–Crippen LogP) is 0.348. The Hall–Kier alpha value is -0.180. The first-order chi connectivity index (χ1) is 4.90. The molecule has 1 amide bonds. The van der Waals surface area contributed by atoms with E-state index in [0.29, 0.717) is 0 Å². The van der Waals surface area contributed by atoms with Crippen molar-refractivity contribution in [1.29, 1.82) is 0 Å². The van der Waals surface area contributed by atoms with Crippen molar-refractivity contribution in [2.75, 3.05) is 24.6 Å². The summed E-state index contributed by atoms with van der Waals surface area (Å²) in [7, 11) is 0. The Morgan fingerprint density at radius 1 is 1.30 bits per heavy atom. The van der Waals surface area contributed by atoms with Crippen molar-refractivity contribution in [3.63, 3.8) is 0 Å². The largest absolute Gasteiger partial charge is 0.334 e. The fourth-order valence-corrected chi connectivity index (χ4v) is 3.26. The average molecular weight is 156 g/mol.